The van der Waals surface area contributed by atoms with Gasteiger partial charge < -0.3 is 15.1 Å². The summed E-state index contributed by atoms with van der Waals surface area (Å²) in [5.74, 6) is 1.20. The van der Waals surface area contributed by atoms with Crippen molar-refractivity contribution in [1.82, 2.24) is 4.90 Å². The van der Waals surface area contributed by atoms with E-state index in [0.29, 0.717) is 11.5 Å². The van der Waals surface area contributed by atoms with Crippen LogP contribution in [0, 0.1) is 5.92 Å². The van der Waals surface area contributed by atoms with E-state index in [0.717, 1.165) is 0 Å². The molecule has 0 fully saturated rings. The van der Waals surface area contributed by atoms with Crippen LogP contribution < -0.4 is 0 Å². The first-order valence-electron chi connectivity index (χ1n) is 4.56. The van der Waals surface area contributed by atoms with E-state index in [1.54, 1.807) is 19.0 Å². The lowest BCUT2D eigenvalue weighted by atomic mass is 10.2. The predicted molar refractivity (Wildman–Crippen MR) is 58.3 cm³/mol. The Morgan fingerprint density at radius 3 is 2.43 bits per heavy atom. The normalized spacial score (nSPS) is 14.9. The Balaban J connectivity index is 3.63. The minimum absolute atomic E-state index is 0.0408. The van der Waals surface area contributed by atoms with E-state index in [1.807, 2.05) is 6.92 Å². The molecule has 0 radical (unpaired) electrons. The summed E-state index contributed by atoms with van der Waals surface area (Å²) in [6.45, 7) is 1.64. The smallest absolute Gasteiger partial charge is 0.225 e. The Kier molecular flexibility index (Phi) is 6.96. The molecule has 84 valence electrons. The molecule has 5 heteroatoms. The lowest BCUT2D eigenvalue weighted by molar-refractivity contribution is -0.131. The van der Waals surface area contributed by atoms with Gasteiger partial charge in [-0.25, -0.2) is 0 Å². The Bertz CT molecular complexity index is 175. The van der Waals surface area contributed by atoms with Gasteiger partial charge in [-0.3, -0.25) is 4.79 Å². The van der Waals surface area contributed by atoms with Gasteiger partial charge in [0.05, 0.1) is 12.7 Å². The molecule has 0 aromatic heterocycles. The third kappa shape index (κ3) is 5.47. The molecule has 2 atom stereocenters. The fourth-order valence-electron chi connectivity index (χ4n) is 0.946. The predicted octanol–water partition coefficient (Wildman–Crippen LogP) is -0.203. The quantitative estimate of drug-likeness (QED) is 0.652. The van der Waals surface area contributed by atoms with Crippen LogP contribution in [0.15, 0.2) is 0 Å². The van der Waals surface area contributed by atoms with Gasteiger partial charge in [-0.1, -0.05) is 6.92 Å². The lowest BCUT2D eigenvalue weighted by Crippen LogP contribution is -2.29. The Morgan fingerprint density at radius 1 is 1.43 bits per heavy atom. The van der Waals surface area contributed by atoms with Gasteiger partial charge in [0.25, 0.3) is 0 Å². The summed E-state index contributed by atoms with van der Waals surface area (Å²) in [7, 11) is 3.46. The van der Waals surface area contributed by atoms with Gasteiger partial charge in [-0.05, 0) is 0 Å². The molecule has 2 unspecified atom stereocenters. The van der Waals surface area contributed by atoms with Crippen LogP contribution in [0.25, 0.3) is 0 Å². The Morgan fingerprint density at radius 2 is 2.00 bits per heavy atom. The van der Waals surface area contributed by atoms with Crippen LogP contribution in [0.3, 0.4) is 0 Å². The second-order valence-corrected chi connectivity index (χ2v) is 4.58. The second-order valence-electron chi connectivity index (χ2n) is 3.51. The number of nitrogens with zero attached hydrogens (tertiary/aromatic N) is 1. The molecular weight excluding hydrogens is 202 g/mol. The zero-order chi connectivity index (χ0) is 11.1. The molecular formula is C9H19NO3S. The number of aliphatic hydroxyl groups excluding tert-OH is 2. The van der Waals surface area contributed by atoms with Crippen molar-refractivity contribution in [3.63, 3.8) is 0 Å². The zero-order valence-electron chi connectivity index (χ0n) is 8.93. The first kappa shape index (κ1) is 13.7. The molecule has 4 nitrogen and oxygen atoms in total. The van der Waals surface area contributed by atoms with Crippen molar-refractivity contribution in [2.75, 3.05) is 32.2 Å². The number of hydrogen-bond acceptors (Lipinski definition) is 4. The highest BCUT2D eigenvalue weighted by molar-refractivity contribution is 7.99. The monoisotopic (exact) mass is 221 g/mol. The van der Waals surface area contributed by atoms with Crippen molar-refractivity contribution < 1.29 is 15.0 Å². The Labute approximate surface area is 89.3 Å². The summed E-state index contributed by atoms with van der Waals surface area (Å²) in [5.41, 5.74) is 0. The number of carbonyl (C=O) groups excluding carboxylic acids is 1. The van der Waals surface area contributed by atoms with Crippen LogP contribution >= 0.6 is 11.8 Å². The average Bonchev–Trinajstić information content (AvgIpc) is 2.15. The molecule has 0 aliphatic heterocycles. The maximum absolute atomic E-state index is 11.4. The molecule has 0 rings (SSSR count). The van der Waals surface area contributed by atoms with Gasteiger partial charge in [0.15, 0.2) is 0 Å². The molecule has 14 heavy (non-hydrogen) atoms. The van der Waals surface area contributed by atoms with Crippen molar-refractivity contribution in [3.05, 3.63) is 0 Å². The topological polar surface area (TPSA) is 60.8 Å². The van der Waals surface area contributed by atoms with Gasteiger partial charge in [0.1, 0.15) is 0 Å². The number of amides is 1. The van der Waals surface area contributed by atoms with Crippen LogP contribution in [0.4, 0.5) is 0 Å². The molecule has 0 saturated carbocycles. The number of carbonyl (C=O) groups is 1. The maximum Gasteiger partial charge on any atom is 0.225 e. The largest absolute Gasteiger partial charge is 0.394 e. The van der Waals surface area contributed by atoms with Crippen LogP contribution in [0.5, 0.6) is 0 Å². The molecule has 0 aromatic carbocycles. The maximum atomic E-state index is 11.4. The van der Waals surface area contributed by atoms with E-state index in [2.05, 4.69) is 0 Å². The van der Waals surface area contributed by atoms with Gasteiger partial charge in [-0.15, -0.1) is 0 Å². The Hall–Kier alpha value is -0.260. The molecule has 2 N–H and O–H groups in total. The fraction of sp³-hybridized carbons (Fsp3) is 0.889. The van der Waals surface area contributed by atoms with Crippen molar-refractivity contribution in [1.29, 1.82) is 0 Å². The minimum atomic E-state index is -0.679. The van der Waals surface area contributed by atoms with E-state index in [-0.39, 0.29) is 18.4 Å². The van der Waals surface area contributed by atoms with Crippen molar-refractivity contribution in [2.24, 2.45) is 5.92 Å². The van der Waals surface area contributed by atoms with E-state index in [9.17, 15) is 4.79 Å². The minimum Gasteiger partial charge on any atom is -0.394 e. The third-order valence-electron chi connectivity index (χ3n) is 1.75. The fourth-order valence-corrected chi connectivity index (χ4v) is 1.96. The molecule has 0 spiro atoms. The molecule has 0 heterocycles. The zero-order valence-corrected chi connectivity index (χ0v) is 9.75. The summed E-state index contributed by atoms with van der Waals surface area (Å²) in [5, 5.41) is 17.6. The summed E-state index contributed by atoms with van der Waals surface area (Å²) >= 11 is 1.48. The van der Waals surface area contributed by atoms with Gasteiger partial charge in [-0.2, -0.15) is 11.8 Å². The van der Waals surface area contributed by atoms with Gasteiger partial charge >= 0.3 is 0 Å². The second kappa shape index (κ2) is 7.09. The molecule has 0 aliphatic rings. The van der Waals surface area contributed by atoms with E-state index >= 15 is 0 Å². The first-order chi connectivity index (χ1) is 6.49. The molecule has 0 bridgehead atoms. The summed E-state index contributed by atoms with van der Waals surface area (Å²) < 4.78 is 0. The lowest BCUT2D eigenvalue weighted by Gasteiger charge is -2.16. The van der Waals surface area contributed by atoms with Crippen LogP contribution in [-0.4, -0.2) is 59.3 Å². The first-order valence-corrected chi connectivity index (χ1v) is 5.72. The SMILES string of the molecule is CC(CSCC(O)CO)C(=O)N(C)C. The van der Waals surface area contributed by atoms with Gasteiger partial charge in [0.2, 0.25) is 5.91 Å². The summed E-state index contributed by atoms with van der Waals surface area (Å²) in [4.78, 5) is 13.0. The number of rotatable bonds is 6. The van der Waals surface area contributed by atoms with Crippen LogP contribution in [0.2, 0.25) is 0 Å². The molecule has 0 aliphatic carbocycles. The standard InChI is InChI=1S/C9H19NO3S/c1-7(9(13)10(2)3)5-14-6-8(12)4-11/h7-8,11-12H,4-6H2,1-3H3. The highest BCUT2D eigenvalue weighted by Crippen LogP contribution is 2.11. The highest BCUT2D eigenvalue weighted by Gasteiger charge is 2.15. The van der Waals surface area contributed by atoms with Gasteiger partial charge in [0, 0.05) is 31.5 Å². The molecule has 1 amide bonds. The number of thioether (sulfide) groups is 1. The van der Waals surface area contributed by atoms with Crippen LogP contribution in [-0.2, 0) is 4.79 Å². The van der Waals surface area contributed by atoms with Crippen molar-refractivity contribution >= 4 is 17.7 Å². The van der Waals surface area contributed by atoms with E-state index < -0.39 is 6.10 Å². The summed E-state index contributed by atoms with van der Waals surface area (Å²) in [6.07, 6.45) is -0.679. The third-order valence-corrected chi connectivity index (χ3v) is 3.11. The summed E-state index contributed by atoms with van der Waals surface area (Å²) in [6, 6.07) is 0. The van der Waals surface area contributed by atoms with E-state index in [1.165, 1.54) is 11.8 Å². The highest BCUT2D eigenvalue weighted by atomic mass is 32.2. The van der Waals surface area contributed by atoms with E-state index in [4.69, 9.17) is 10.2 Å². The van der Waals surface area contributed by atoms with Crippen molar-refractivity contribution in [3.8, 4) is 0 Å². The average molecular weight is 221 g/mol. The number of hydrogen-bond donors (Lipinski definition) is 2. The van der Waals surface area contributed by atoms with Crippen molar-refractivity contribution in [2.45, 2.75) is 13.0 Å². The number of aliphatic hydroxyl groups is 2. The van der Waals surface area contributed by atoms with Crippen LogP contribution in [0.1, 0.15) is 6.92 Å². The molecule has 0 saturated heterocycles. The molecule has 0 aromatic rings.